The van der Waals surface area contributed by atoms with E-state index >= 15 is 0 Å². The van der Waals surface area contributed by atoms with Crippen molar-refractivity contribution in [2.24, 2.45) is 17.6 Å². The normalized spacial score (nSPS) is 36.3. The van der Waals surface area contributed by atoms with E-state index in [2.05, 4.69) is 11.9 Å². The quantitative estimate of drug-likeness (QED) is 0.723. The second-order valence-corrected chi connectivity index (χ2v) is 5.58. The predicted octanol–water partition coefficient (Wildman–Crippen LogP) is 1.78. The molecule has 2 aliphatic rings. The van der Waals surface area contributed by atoms with Crippen molar-refractivity contribution < 1.29 is 0 Å². The van der Waals surface area contributed by atoms with Crippen LogP contribution in [0.4, 0.5) is 0 Å². The van der Waals surface area contributed by atoms with Gasteiger partial charge in [-0.05, 0) is 38.1 Å². The maximum Gasteiger partial charge on any atom is 0.0870 e. The van der Waals surface area contributed by atoms with Crippen molar-refractivity contribution in [1.82, 2.24) is 4.90 Å². The summed E-state index contributed by atoms with van der Waals surface area (Å²) in [7, 11) is 2.16. The van der Waals surface area contributed by atoms with Crippen molar-refractivity contribution in [2.45, 2.75) is 38.1 Å². The molecule has 2 atom stereocenters. The Bertz CT molecular complexity index is 217. The fourth-order valence-corrected chi connectivity index (χ4v) is 3.41. The molecule has 2 rings (SSSR count). The largest absolute Gasteiger partial charge is 0.392 e. The fourth-order valence-electron chi connectivity index (χ4n) is 3.21. The lowest BCUT2D eigenvalue weighted by Crippen LogP contribution is -2.40. The second kappa shape index (κ2) is 4.15. The molecule has 2 aliphatic carbocycles. The van der Waals surface area contributed by atoms with Crippen molar-refractivity contribution in [1.29, 1.82) is 0 Å². The molecule has 0 saturated heterocycles. The van der Waals surface area contributed by atoms with Crippen molar-refractivity contribution in [3.05, 3.63) is 0 Å². The number of hydrogen-bond acceptors (Lipinski definition) is 2. The molecule has 0 aliphatic heterocycles. The Morgan fingerprint density at radius 2 is 1.86 bits per heavy atom. The van der Waals surface area contributed by atoms with Gasteiger partial charge in [0, 0.05) is 12.6 Å². The molecule has 3 heteroatoms. The average molecular weight is 212 g/mol. The van der Waals surface area contributed by atoms with Gasteiger partial charge in [0.05, 0.1) is 4.99 Å². The summed E-state index contributed by atoms with van der Waals surface area (Å²) in [5, 5.41) is 0. The molecule has 0 aromatic heterocycles. The molecule has 2 bridgehead atoms. The topological polar surface area (TPSA) is 29.3 Å². The standard InChI is InChI=1S/C11H20N2S/c1-13(7-11(12)14)10-5-8-2-3-9(4-8)6-10/h8-10H,2-7H2,1H3,(H2,12,14). The first kappa shape index (κ1) is 10.4. The molecule has 2 fully saturated rings. The van der Waals surface area contributed by atoms with E-state index in [9.17, 15) is 0 Å². The van der Waals surface area contributed by atoms with Crippen molar-refractivity contribution in [2.75, 3.05) is 13.6 Å². The summed E-state index contributed by atoms with van der Waals surface area (Å²) in [5.41, 5.74) is 5.57. The Labute approximate surface area is 91.8 Å². The molecule has 0 radical (unpaired) electrons. The summed E-state index contributed by atoms with van der Waals surface area (Å²) in [4.78, 5) is 2.98. The molecule has 0 amide bonds. The fraction of sp³-hybridized carbons (Fsp3) is 0.909. The Morgan fingerprint density at radius 3 is 2.36 bits per heavy atom. The van der Waals surface area contributed by atoms with Crippen LogP contribution in [-0.4, -0.2) is 29.5 Å². The molecule has 2 unspecified atom stereocenters. The first-order valence-electron chi connectivity index (χ1n) is 5.63. The maximum absolute atomic E-state index is 5.57. The van der Waals surface area contributed by atoms with E-state index < -0.39 is 0 Å². The highest BCUT2D eigenvalue weighted by Gasteiger charge is 2.35. The molecule has 0 heterocycles. The molecule has 80 valence electrons. The number of fused-ring (bicyclic) bond motifs is 2. The lowest BCUT2D eigenvalue weighted by Gasteiger charge is -2.34. The Balaban J connectivity index is 1.89. The van der Waals surface area contributed by atoms with Gasteiger partial charge in [-0.25, -0.2) is 0 Å². The Hall–Kier alpha value is -0.150. The first-order valence-corrected chi connectivity index (χ1v) is 6.04. The first-order chi connectivity index (χ1) is 6.65. The molecule has 2 nitrogen and oxygen atoms in total. The minimum atomic E-state index is 0.630. The van der Waals surface area contributed by atoms with E-state index in [1.807, 2.05) is 0 Å². The predicted molar refractivity (Wildman–Crippen MR) is 63.3 cm³/mol. The summed E-state index contributed by atoms with van der Waals surface area (Å²) in [5.74, 6) is 1.99. The van der Waals surface area contributed by atoms with Gasteiger partial charge in [0.2, 0.25) is 0 Å². The van der Waals surface area contributed by atoms with Crippen LogP contribution in [0.25, 0.3) is 0 Å². The number of thiocarbonyl (C=S) groups is 1. The van der Waals surface area contributed by atoms with E-state index in [0.29, 0.717) is 4.99 Å². The molecule has 2 saturated carbocycles. The zero-order chi connectivity index (χ0) is 10.1. The molecule has 0 aromatic rings. The smallest absolute Gasteiger partial charge is 0.0870 e. The van der Waals surface area contributed by atoms with Crippen LogP contribution < -0.4 is 5.73 Å². The number of nitrogens with zero attached hydrogens (tertiary/aromatic N) is 1. The van der Waals surface area contributed by atoms with E-state index in [0.717, 1.165) is 24.4 Å². The third-order valence-electron chi connectivity index (χ3n) is 3.89. The van der Waals surface area contributed by atoms with E-state index in [1.54, 1.807) is 0 Å². The minimum Gasteiger partial charge on any atom is -0.392 e. The highest BCUT2D eigenvalue weighted by Crippen LogP contribution is 2.43. The minimum absolute atomic E-state index is 0.630. The van der Waals surface area contributed by atoms with Crippen LogP contribution in [0.15, 0.2) is 0 Å². The van der Waals surface area contributed by atoms with Crippen LogP contribution in [0, 0.1) is 11.8 Å². The highest BCUT2D eigenvalue weighted by molar-refractivity contribution is 7.80. The van der Waals surface area contributed by atoms with Gasteiger partial charge in [-0.3, -0.25) is 4.90 Å². The summed E-state index contributed by atoms with van der Waals surface area (Å²) in [6.07, 6.45) is 7.15. The van der Waals surface area contributed by atoms with Gasteiger partial charge in [-0.2, -0.15) is 0 Å². The summed E-state index contributed by atoms with van der Waals surface area (Å²) in [6, 6.07) is 0.739. The molecular formula is C11H20N2S. The number of likely N-dealkylation sites (N-methyl/N-ethyl adjacent to an activating group) is 1. The van der Waals surface area contributed by atoms with Crippen LogP contribution in [-0.2, 0) is 0 Å². The lowest BCUT2D eigenvalue weighted by molar-refractivity contribution is 0.170. The maximum atomic E-state index is 5.57. The van der Waals surface area contributed by atoms with Crippen LogP contribution in [0.5, 0.6) is 0 Å². The van der Waals surface area contributed by atoms with Crippen molar-refractivity contribution in [3.63, 3.8) is 0 Å². The summed E-state index contributed by atoms with van der Waals surface area (Å²) >= 11 is 4.95. The van der Waals surface area contributed by atoms with Gasteiger partial charge < -0.3 is 5.73 Å². The van der Waals surface area contributed by atoms with Gasteiger partial charge in [-0.1, -0.05) is 25.1 Å². The van der Waals surface area contributed by atoms with E-state index in [4.69, 9.17) is 18.0 Å². The van der Waals surface area contributed by atoms with Crippen LogP contribution in [0.1, 0.15) is 32.1 Å². The van der Waals surface area contributed by atoms with Crippen molar-refractivity contribution >= 4 is 17.2 Å². The molecule has 14 heavy (non-hydrogen) atoms. The van der Waals surface area contributed by atoms with E-state index in [-0.39, 0.29) is 0 Å². The van der Waals surface area contributed by atoms with Gasteiger partial charge in [0.1, 0.15) is 0 Å². The van der Waals surface area contributed by atoms with Crippen molar-refractivity contribution in [3.8, 4) is 0 Å². The van der Waals surface area contributed by atoms with Crippen LogP contribution >= 0.6 is 12.2 Å². The third-order valence-corrected chi connectivity index (χ3v) is 4.02. The lowest BCUT2D eigenvalue weighted by atomic mass is 9.85. The van der Waals surface area contributed by atoms with Crippen LogP contribution in [0.2, 0.25) is 0 Å². The third kappa shape index (κ3) is 2.26. The van der Waals surface area contributed by atoms with E-state index in [1.165, 1.54) is 32.1 Å². The zero-order valence-corrected chi connectivity index (χ0v) is 9.72. The monoisotopic (exact) mass is 212 g/mol. The molecule has 2 N–H and O–H groups in total. The molecule has 0 aromatic carbocycles. The zero-order valence-electron chi connectivity index (χ0n) is 8.91. The van der Waals surface area contributed by atoms with Gasteiger partial charge in [0.15, 0.2) is 0 Å². The Kier molecular flexibility index (Phi) is 3.07. The number of hydrogen-bond donors (Lipinski definition) is 1. The summed E-state index contributed by atoms with van der Waals surface area (Å²) < 4.78 is 0. The van der Waals surface area contributed by atoms with Gasteiger partial charge in [0.25, 0.3) is 0 Å². The molecule has 0 spiro atoms. The SMILES string of the molecule is CN(CC(N)=S)C1CC2CCC(C2)C1. The van der Waals surface area contributed by atoms with Gasteiger partial charge >= 0.3 is 0 Å². The number of nitrogens with two attached hydrogens (primary N) is 1. The Morgan fingerprint density at radius 1 is 1.29 bits per heavy atom. The summed E-state index contributed by atoms with van der Waals surface area (Å²) in [6.45, 7) is 0.791. The number of rotatable bonds is 3. The second-order valence-electron chi connectivity index (χ2n) is 5.05. The van der Waals surface area contributed by atoms with Crippen LogP contribution in [0.3, 0.4) is 0 Å². The van der Waals surface area contributed by atoms with Gasteiger partial charge in [-0.15, -0.1) is 0 Å². The average Bonchev–Trinajstić information content (AvgIpc) is 2.44. The highest BCUT2D eigenvalue weighted by atomic mass is 32.1. The molecular weight excluding hydrogens is 192 g/mol.